The van der Waals surface area contributed by atoms with Gasteiger partial charge in [-0.05, 0) is 68.4 Å². The van der Waals surface area contributed by atoms with Crippen molar-refractivity contribution in [3.8, 4) is 11.8 Å². The van der Waals surface area contributed by atoms with Crippen molar-refractivity contribution in [2.75, 3.05) is 37.6 Å². The Kier molecular flexibility index (Phi) is 9.09. The number of fused-ring (bicyclic) bond motifs is 2. The molecule has 0 saturated heterocycles. The van der Waals surface area contributed by atoms with Gasteiger partial charge in [-0.25, -0.2) is 4.79 Å². The first-order valence-corrected chi connectivity index (χ1v) is 14.2. The molecule has 1 aliphatic heterocycles. The molecule has 0 spiro atoms. The van der Waals surface area contributed by atoms with Gasteiger partial charge in [0, 0.05) is 24.2 Å². The summed E-state index contributed by atoms with van der Waals surface area (Å²) in [6.45, 7) is 10.7. The number of alkyl carbamates (subject to hydrolysis) is 1. The number of benzene rings is 3. The highest BCUT2D eigenvalue weighted by molar-refractivity contribution is 6.10. The second-order valence-electron chi connectivity index (χ2n) is 11.3. The Hall–Kier alpha value is -4.07. The maximum Gasteiger partial charge on any atom is 0.416 e. The first-order valence-electron chi connectivity index (χ1n) is 14.2. The van der Waals surface area contributed by atoms with Crippen LogP contribution in [-0.4, -0.2) is 60.3 Å². The molecule has 0 aromatic heterocycles. The molecule has 1 aliphatic rings. The Morgan fingerprint density at radius 2 is 1.72 bits per heavy atom. The predicted octanol–water partition coefficient (Wildman–Crippen LogP) is 5.66. The molecule has 0 radical (unpaired) electrons. The largest absolute Gasteiger partial charge is 0.444 e. The number of amides is 2. The molecule has 0 bridgehead atoms. The first kappa shape index (κ1) is 31.9. The third-order valence-corrected chi connectivity index (χ3v) is 7.28. The summed E-state index contributed by atoms with van der Waals surface area (Å²) in [7, 11) is 0. The van der Waals surface area contributed by atoms with Crippen LogP contribution in [0, 0.1) is 11.8 Å². The number of aliphatic hydroxyl groups is 1. The summed E-state index contributed by atoms with van der Waals surface area (Å²) in [5.74, 6) is 4.47. The van der Waals surface area contributed by atoms with Crippen LogP contribution in [0.4, 0.5) is 23.7 Å². The van der Waals surface area contributed by atoms with Gasteiger partial charge in [0.2, 0.25) is 0 Å². The fourth-order valence-corrected chi connectivity index (χ4v) is 5.19. The van der Waals surface area contributed by atoms with Gasteiger partial charge in [-0.2, -0.15) is 13.2 Å². The van der Waals surface area contributed by atoms with Crippen molar-refractivity contribution in [2.24, 2.45) is 0 Å². The minimum atomic E-state index is -4.91. The van der Waals surface area contributed by atoms with Gasteiger partial charge < -0.3 is 25.0 Å². The maximum atomic E-state index is 14.7. The van der Waals surface area contributed by atoms with E-state index in [0.717, 1.165) is 11.5 Å². The van der Waals surface area contributed by atoms with Crippen molar-refractivity contribution in [3.63, 3.8) is 0 Å². The number of anilines is 1. The fourth-order valence-electron chi connectivity index (χ4n) is 5.19. The molecule has 0 saturated carbocycles. The van der Waals surface area contributed by atoms with E-state index in [0.29, 0.717) is 25.0 Å². The van der Waals surface area contributed by atoms with Crippen LogP contribution in [0.1, 0.15) is 56.9 Å². The Balaban J connectivity index is 1.83. The van der Waals surface area contributed by atoms with E-state index in [-0.39, 0.29) is 29.9 Å². The molecule has 10 heteroatoms. The Bertz CT molecular complexity index is 1580. The SMILES string of the molecule is CCN(CC)CCN1C(=O)C(O)(c2ccc3ccccc3c2)c2c1cc(C#CCNC(=O)OC(C)(C)C)cc2C(F)(F)F. The van der Waals surface area contributed by atoms with Crippen molar-refractivity contribution in [2.45, 2.75) is 52.0 Å². The van der Waals surface area contributed by atoms with Gasteiger partial charge in [-0.3, -0.25) is 4.79 Å². The van der Waals surface area contributed by atoms with Gasteiger partial charge in [0.15, 0.2) is 5.60 Å². The summed E-state index contributed by atoms with van der Waals surface area (Å²) in [6.07, 6.45) is -5.61. The number of carbonyl (C=O) groups excluding carboxylic acids is 2. The molecule has 7 nitrogen and oxygen atoms in total. The third kappa shape index (κ3) is 6.79. The van der Waals surface area contributed by atoms with E-state index in [4.69, 9.17) is 4.74 Å². The van der Waals surface area contributed by atoms with Gasteiger partial charge in [-0.1, -0.05) is 62.1 Å². The normalized spacial score (nSPS) is 16.7. The van der Waals surface area contributed by atoms with Crippen LogP contribution in [-0.2, 0) is 21.3 Å². The number of carbonyl (C=O) groups is 2. The van der Waals surface area contributed by atoms with Crippen molar-refractivity contribution >= 4 is 28.5 Å². The van der Waals surface area contributed by atoms with E-state index in [9.17, 15) is 27.9 Å². The van der Waals surface area contributed by atoms with E-state index < -0.39 is 40.5 Å². The number of hydrogen-bond donors (Lipinski definition) is 2. The molecule has 2 N–H and O–H groups in total. The number of ether oxygens (including phenoxy) is 1. The second kappa shape index (κ2) is 12.3. The molecular weight excluding hydrogens is 559 g/mol. The number of hydrogen-bond acceptors (Lipinski definition) is 5. The van der Waals surface area contributed by atoms with Gasteiger partial charge >= 0.3 is 12.3 Å². The number of likely N-dealkylation sites (N-methyl/N-ethyl adjacent to an activating group) is 1. The molecule has 2 amide bonds. The van der Waals surface area contributed by atoms with Crippen LogP contribution < -0.4 is 10.2 Å². The highest BCUT2D eigenvalue weighted by Crippen LogP contribution is 2.50. The zero-order chi connectivity index (χ0) is 31.6. The molecule has 1 heterocycles. The van der Waals surface area contributed by atoms with Gasteiger partial charge in [0.1, 0.15) is 5.60 Å². The number of nitrogens with zero attached hydrogens (tertiary/aromatic N) is 2. The third-order valence-electron chi connectivity index (χ3n) is 7.28. The van der Waals surface area contributed by atoms with Crippen LogP contribution in [0.15, 0.2) is 54.6 Å². The van der Waals surface area contributed by atoms with E-state index >= 15 is 0 Å². The quantitative estimate of drug-likeness (QED) is 0.345. The average molecular weight is 596 g/mol. The molecule has 3 aromatic rings. The predicted molar refractivity (Wildman–Crippen MR) is 160 cm³/mol. The Morgan fingerprint density at radius 1 is 1.05 bits per heavy atom. The van der Waals surface area contributed by atoms with Crippen molar-refractivity contribution in [1.82, 2.24) is 10.2 Å². The lowest BCUT2D eigenvalue weighted by molar-refractivity contribution is -0.142. The minimum Gasteiger partial charge on any atom is -0.444 e. The molecule has 3 aromatic carbocycles. The summed E-state index contributed by atoms with van der Waals surface area (Å²) in [5, 5.41) is 16.0. The van der Waals surface area contributed by atoms with Gasteiger partial charge in [0.25, 0.3) is 5.91 Å². The monoisotopic (exact) mass is 595 g/mol. The topological polar surface area (TPSA) is 82.1 Å². The molecule has 43 heavy (non-hydrogen) atoms. The second-order valence-corrected chi connectivity index (χ2v) is 11.3. The maximum absolute atomic E-state index is 14.7. The van der Waals surface area contributed by atoms with Crippen LogP contribution in [0.3, 0.4) is 0 Å². The van der Waals surface area contributed by atoms with E-state index in [2.05, 4.69) is 17.2 Å². The highest BCUT2D eigenvalue weighted by Gasteiger charge is 2.55. The first-order chi connectivity index (χ1) is 20.2. The van der Waals surface area contributed by atoms with Crippen LogP contribution in [0.25, 0.3) is 10.8 Å². The molecule has 0 fully saturated rings. The minimum absolute atomic E-state index is 0.0135. The summed E-state index contributed by atoms with van der Waals surface area (Å²) in [6, 6.07) is 14.2. The lowest BCUT2D eigenvalue weighted by atomic mass is 9.83. The van der Waals surface area contributed by atoms with Crippen molar-refractivity contribution in [3.05, 3.63) is 76.9 Å². The van der Waals surface area contributed by atoms with Gasteiger partial charge in [0.05, 0.1) is 17.8 Å². The van der Waals surface area contributed by atoms with Crippen LogP contribution >= 0.6 is 0 Å². The summed E-state index contributed by atoms with van der Waals surface area (Å²) >= 11 is 0. The molecular formula is C33H36F3N3O4. The summed E-state index contributed by atoms with van der Waals surface area (Å²) < 4.78 is 49.2. The average Bonchev–Trinajstić information content (AvgIpc) is 3.16. The number of alkyl halides is 3. The summed E-state index contributed by atoms with van der Waals surface area (Å²) in [4.78, 5) is 29.2. The lowest BCUT2D eigenvalue weighted by Gasteiger charge is -2.26. The molecule has 4 rings (SSSR count). The van der Waals surface area contributed by atoms with E-state index in [1.165, 1.54) is 17.0 Å². The van der Waals surface area contributed by atoms with Crippen LogP contribution in [0.2, 0.25) is 0 Å². The van der Waals surface area contributed by atoms with E-state index in [1.807, 2.05) is 30.9 Å². The van der Waals surface area contributed by atoms with Crippen LogP contribution in [0.5, 0.6) is 0 Å². The number of nitrogens with one attached hydrogen (secondary N) is 1. The van der Waals surface area contributed by atoms with Gasteiger partial charge in [-0.15, -0.1) is 0 Å². The highest BCUT2D eigenvalue weighted by atomic mass is 19.4. The molecule has 0 aliphatic carbocycles. The Morgan fingerprint density at radius 3 is 2.35 bits per heavy atom. The smallest absolute Gasteiger partial charge is 0.416 e. The molecule has 1 unspecified atom stereocenters. The molecule has 1 atom stereocenters. The number of rotatable bonds is 7. The fraction of sp³-hybridized carbons (Fsp3) is 0.394. The zero-order valence-corrected chi connectivity index (χ0v) is 24.9. The standard InChI is InChI=1S/C33H36F3N3O4/c1-6-38(7-2)17-18-39-27-20-22(11-10-16-37-30(41)43-31(3,4)5)19-26(33(34,35)36)28(27)32(42,29(39)40)25-15-14-23-12-8-9-13-24(23)21-25/h8-9,12-15,19-21,42H,6-7,16-18H2,1-5H3,(H,37,41). The van der Waals surface area contributed by atoms with E-state index in [1.54, 1.807) is 45.0 Å². The summed E-state index contributed by atoms with van der Waals surface area (Å²) in [5.41, 5.74) is -4.97. The van der Waals surface area contributed by atoms with Crippen molar-refractivity contribution < 1.29 is 32.6 Å². The lowest BCUT2D eigenvalue weighted by Crippen LogP contribution is -2.44. The van der Waals surface area contributed by atoms with Crippen molar-refractivity contribution in [1.29, 1.82) is 0 Å². The number of halogens is 3. The zero-order valence-electron chi connectivity index (χ0n) is 24.9. The molecule has 228 valence electrons. The Labute approximate surface area is 249 Å².